The van der Waals surface area contributed by atoms with Gasteiger partial charge in [-0.2, -0.15) is 0 Å². The number of rotatable bonds is 7. The summed E-state index contributed by atoms with van der Waals surface area (Å²) in [7, 11) is -7.64. The summed E-state index contributed by atoms with van der Waals surface area (Å²) < 4.78 is 49.6. The maximum Gasteiger partial charge on any atom is 0.240 e. The molecule has 0 atom stereocenters. The Morgan fingerprint density at radius 1 is 1.19 bits per heavy atom. The van der Waals surface area contributed by atoms with Gasteiger partial charge in [0, 0.05) is 6.54 Å². The fraction of sp³-hybridized carbons (Fsp3) is 0.538. The molecule has 1 aliphatic rings. The molecule has 0 aromatic heterocycles. The average molecular weight is 332 g/mol. The molecule has 0 bridgehead atoms. The van der Waals surface area contributed by atoms with Gasteiger partial charge in [-0.3, -0.25) is 0 Å². The molecule has 6 nitrogen and oxygen atoms in total. The van der Waals surface area contributed by atoms with Gasteiger partial charge in [0.15, 0.2) is 0 Å². The van der Waals surface area contributed by atoms with Crippen LogP contribution in [0.3, 0.4) is 0 Å². The topological polar surface area (TPSA) is 106 Å². The first kappa shape index (κ1) is 16.4. The van der Waals surface area contributed by atoms with Crippen molar-refractivity contribution in [2.45, 2.75) is 42.4 Å². The fourth-order valence-corrected chi connectivity index (χ4v) is 4.21. The fourth-order valence-electron chi connectivity index (χ4n) is 2.37. The standard InChI is InChI=1S/C13H20N2O4S2/c1-2-6-13(7-8-13)10-15-21(18,19)12-5-3-4-11(9-12)20(14,16)17/h3-5,9,15H,2,6-8,10H2,1H3,(H2,14,16,17). The van der Waals surface area contributed by atoms with Crippen molar-refractivity contribution in [1.29, 1.82) is 0 Å². The molecule has 0 radical (unpaired) electrons. The summed E-state index contributed by atoms with van der Waals surface area (Å²) >= 11 is 0. The summed E-state index contributed by atoms with van der Waals surface area (Å²) in [5, 5.41) is 5.02. The van der Waals surface area contributed by atoms with E-state index in [1.54, 1.807) is 0 Å². The minimum absolute atomic E-state index is 0.0821. The van der Waals surface area contributed by atoms with Crippen LogP contribution in [0, 0.1) is 5.41 Å². The van der Waals surface area contributed by atoms with Crippen molar-refractivity contribution in [1.82, 2.24) is 4.72 Å². The molecule has 2 rings (SSSR count). The monoisotopic (exact) mass is 332 g/mol. The van der Waals surface area contributed by atoms with Crippen LogP contribution >= 0.6 is 0 Å². The molecular weight excluding hydrogens is 312 g/mol. The van der Waals surface area contributed by atoms with Crippen LogP contribution in [0.2, 0.25) is 0 Å². The van der Waals surface area contributed by atoms with Crippen LogP contribution in [0.5, 0.6) is 0 Å². The molecule has 1 aromatic carbocycles. The van der Waals surface area contributed by atoms with E-state index in [4.69, 9.17) is 5.14 Å². The summed E-state index contributed by atoms with van der Waals surface area (Å²) in [5.74, 6) is 0. The van der Waals surface area contributed by atoms with E-state index in [1.165, 1.54) is 18.2 Å². The second-order valence-corrected chi connectivity index (χ2v) is 8.92. The molecule has 0 heterocycles. The lowest BCUT2D eigenvalue weighted by Crippen LogP contribution is -2.30. The van der Waals surface area contributed by atoms with E-state index in [2.05, 4.69) is 11.6 Å². The van der Waals surface area contributed by atoms with Crippen LogP contribution in [-0.2, 0) is 20.0 Å². The number of primary sulfonamides is 1. The summed E-state index contributed by atoms with van der Waals surface area (Å²) in [5.41, 5.74) is 0.0827. The lowest BCUT2D eigenvalue weighted by Gasteiger charge is -2.15. The minimum Gasteiger partial charge on any atom is -0.225 e. The van der Waals surface area contributed by atoms with Gasteiger partial charge in [-0.15, -0.1) is 0 Å². The summed E-state index contributed by atoms with van der Waals surface area (Å²) in [4.78, 5) is -0.290. The molecule has 1 saturated carbocycles. The SMILES string of the molecule is CCCC1(CNS(=O)(=O)c2cccc(S(N)(=O)=O)c2)CC1. The largest absolute Gasteiger partial charge is 0.240 e. The highest BCUT2D eigenvalue weighted by Gasteiger charge is 2.42. The number of sulfonamides is 2. The highest BCUT2D eigenvalue weighted by molar-refractivity contribution is 7.90. The number of hydrogen-bond donors (Lipinski definition) is 2. The summed E-state index contributed by atoms with van der Waals surface area (Å²) in [6.07, 6.45) is 4.07. The third-order valence-corrected chi connectivity index (χ3v) is 6.13. The number of benzene rings is 1. The van der Waals surface area contributed by atoms with Crippen molar-refractivity contribution in [2.75, 3.05) is 6.54 Å². The van der Waals surface area contributed by atoms with E-state index in [0.29, 0.717) is 6.54 Å². The predicted octanol–water partition coefficient (Wildman–Crippen LogP) is 1.19. The first-order valence-electron chi connectivity index (χ1n) is 6.81. The van der Waals surface area contributed by atoms with Gasteiger partial charge in [0.2, 0.25) is 20.0 Å². The Hall–Kier alpha value is -0.960. The zero-order valence-corrected chi connectivity index (χ0v) is 13.5. The third kappa shape index (κ3) is 4.03. The average Bonchev–Trinajstić information content (AvgIpc) is 3.17. The van der Waals surface area contributed by atoms with E-state index in [0.717, 1.165) is 31.7 Å². The lowest BCUT2D eigenvalue weighted by molar-refractivity contribution is 0.449. The maximum absolute atomic E-state index is 12.2. The molecule has 0 spiro atoms. The number of hydrogen-bond acceptors (Lipinski definition) is 4. The first-order valence-corrected chi connectivity index (χ1v) is 9.84. The van der Waals surface area contributed by atoms with Gasteiger partial charge in [0.1, 0.15) is 0 Å². The third-order valence-electron chi connectivity index (χ3n) is 3.82. The molecule has 1 aromatic rings. The van der Waals surface area contributed by atoms with Crippen molar-refractivity contribution in [3.63, 3.8) is 0 Å². The van der Waals surface area contributed by atoms with E-state index in [1.807, 2.05) is 0 Å². The molecule has 8 heteroatoms. The first-order chi connectivity index (χ1) is 9.69. The van der Waals surface area contributed by atoms with Crippen LogP contribution in [0.25, 0.3) is 0 Å². The molecule has 21 heavy (non-hydrogen) atoms. The second kappa shape index (κ2) is 5.68. The lowest BCUT2D eigenvalue weighted by atomic mass is 10.0. The summed E-state index contributed by atoms with van der Waals surface area (Å²) in [6, 6.07) is 5.08. The highest BCUT2D eigenvalue weighted by Crippen LogP contribution is 2.49. The molecular formula is C13H20N2O4S2. The van der Waals surface area contributed by atoms with Gasteiger partial charge in [0.25, 0.3) is 0 Å². The van der Waals surface area contributed by atoms with Gasteiger partial charge in [0.05, 0.1) is 9.79 Å². The van der Waals surface area contributed by atoms with Gasteiger partial charge in [-0.05, 0) is 42.9 Å². The number of nitrogens with two attached hydrogens (primary N) is 1. The number of nitrogens with one attached hydrogen (secondary N) is 1. The molecule has 0 saturated heterocycles. The quantitative estimate of drug-likeness (QED) is 0.782. The van der Waals surface area contributed by atoms with E-state index in [9.17, 15) is 16.8 Å². The van der Waals surface area contributed by atoms with E-state index < -0.39 is 20.0 Å². The van der Waals surface area contributed by atoms with Crippen LogP contribution in [0.1, 0.15) is 32.6 Å². The Balaban J connectivity index is 2.17. The Labute approximate surface area is 125 Å². The predicted molar refractivity (Wildman–Crippen MR) is 79.6 cm³/mol. The van der Waals surface area contributed by atoms with Gasteiger partial charge < -0.3 is 0 Å². The minimum atomic E-state index is -3.92. The molecule has 118 valence electrons. The van der Waals surface area contributed by atoms with Crippen molar-refractivity contribution in [3.8, 4) is 0 Å². The highest BCUT2D eigenvalue weighted by atomic mass is 32.2. The van der Waals surface area contributed by atoms with Crippen molar-refractivity contribution in [2.24, 2.45) is 10.6 Å². The molecule has 1 fully saturated rings. The Kier molecular flexibility index (Phi) is 4.44. The van der Waals surface area contributed by atoms with Crippen LogP contribution in [-0.4, -0.2) is 23.4 Å². The van der Waals surface area contributed by atoms with Gasteiger partial charge >= 0.3 is 0 Å². The van der Waals surface area contributed by atoms with Crippen molar-refractivity contribution >= 4 is 20.0 Å². The van der Waals surface area contributed by atoms with Crippen LogP contribution in [0.15, 0.2) is 34.1 Å². The van der Waals surface area contributed by atoms with Crippen LogP contribution < -0.4 is 9.86 Å². The van der Waals surface area contributed by atoms with E-state index in [-0.39, 0.29) is 15.2 Å². The summed E-state index contributed by atoms with van der Waals surface area (Å²) in [6.45, 7) is 2.47. The van der Waals surface area contributed by atoms with Crippen molar-refractivity contribution < 1.29 is 16.8 Å². The second-order valence-electron chi connectivity index (χ2n) is 5.59. The Morgan fingerprint density at radius 3 is 2.33 bits per heavy atom. The van der Waals surface area contributed by atoms with Crippen molar-refractivity contribution in [3.05, 3.63) is 24.3 Å². The molecule has 3 N–H and O–H groups in total. The van der Waals surface area contributed by atoms with Gasteiger partial charge in [-0.1, -0.05) is 19.4 Å². The van der Waals surface area contributed by atoms with Crippen LogP contribution in [0.4, 0.5) is 0 Å². The van der Waals surface area contributed by atoms with Gasteiger partial charge in [-0.25, -0.2) is 26.7 Å². The zero-order valence-electron chi connectivity index (χ0n) is 11.9. The molecule has 1 aliphatic carbocycles. The normalized spacial score (nSPS) is 17.6. The zero-order chi connectivity index (χ0) is 15.7. The molecule has 0 amide bonds. The Bertz CT molecular complexity index is 722. The maximum atomic E-state index is 12.2. The Morgan fingerprint density at radius 2 is 1.81 bits per heavy atom. The van der Waals surface area contributed by atoms with E-state index >= 15 is 0 Å². The smallest absolute Gasteiger partial charge is 0.225 e. The molecule has 0 unspecified atom stereocenters. The molecule has 0 aliphatic heterocycles.